The van der Waals surface area contributed by atoms with Crippen molar-refractivity contribution in [1.29, 1.82) is 0 Å². The fourth-order valence-corrected chi connectivity index (χ4v) is 3.04. The first-order chi connectivity index (χ1) is 12.8. The third-order valence-corrected chi connectivity index (χ3v) is 4.36. The van der Waals surface area contributed by atoms with Crippen LogP contribution in [0.5, 0.6) is 0 Å². The average molecular weight is 387 g/mol. The van der Waals surface area contributed by atoms with Gasteiger partial charge in [-0.1, -0.05) is 17.7 Å². The molecule has 2 N–H and O–H groups in total. The summed E-state index contributed by atoms with van der Waals surface area (Å²) in [5.41, 5.74) is 0.820. The van der Waals surface area contributed by atoms with Gasteiger partial charge in [0.05, 0.1) is 4.92 Å². The molecule has 0 fully saturated rings. The quantitative estimate of drug-likeness (QED) is 0.529. The van der Waals surface area contributed by atoms with Crippen molar-refractivity contribution in [2.45, 2.75) is 13.8 Å². The number of nitrogens with zero attached hydrogens (tertiary/aromatic N) is 2. The van der Waals surface area contributed by atoms with Gasteiger partial charge in [-0.25, -0.2) is 4.79 Å². The highest BCUT2D eigenvalue weighted by molar-refractivity contribution is 6.30. The van der Waals surface area contributed by atoms with E-state index in [1.54, 1.807) is 18.2 Å². The van der Waals surface area contributed by atoms with Crippen LogP contribution in [-0.4, -0.2) is 19.5 Å². The number of hydrogen-bond donors (Lipinski definition) is 2. The van der Waals surface area contributed by atoms with Gasteiger partial charge in [0, 0.05) is 22.1 Å². The van der Waals surface area contributed by atoms with Crippen LogP contribution in [0.3, 0.4) is 0 Å². The number of halogens is 1. The standard InChI is InChI=1S/C18H15ClN4O4/c1-10-9-12(11(2)22(10)14-6-4-13(19)5-7-14)3-8-15-16(23(26)27)17(24)21-18(25)20-15/h3-9H,1-2H3,(H2,20,21,24,25)/b8-3-. The molecule has 0 aliphatic rings. The van der Waals surface area contributed by atoms with Crippen LogP contribution in [0.25, 0.3) is 17.8 Å². The zero-order valence-corrected chi connectivity index (χ0v) is 15.2. The highest BCUT2D eigenvalue weighted by Gasteiger charge is 2.19. The summed E-state index contributed by atoms with van der Waals surface area (Å²) in [7, 11) is 0. The molecule has 8 nitrogen and oxygen atoms in total. The molecule has 2 heterocycles. The molecule has 0 unspecified atom stereocenters. The molecule has 0 radical (unpaired) electrons. The zero-order chi connectivity index (χ0) is 19.7. The van der Waals surface area contributed by atoms with Crippen LogP contribution in [0, 0.1) is 24.0 Å². The SMILES string of the molecule is Cc1cc(/C=C\c2[nH]c(=O)[nH]c(=O)c2[N+](=O)[O-])c(C)n1-c1ccc(Cl)cc1. The van der Waals surface area contributed by atoms with Crippen molar-refractivity contribution in [1.82, 2.24) is 14.5 Å². The van der Waals surface area contributed by atoms with Gasteiger partial charge in [-0.2, -0.15) is 0 Å². The molecule has 3 rings (SSSR count). The Morgan fingerprint density at radius 1 is 1.11 bits per heavy atom. The number of rotatable bonds is 4. The number of H-pyrrole nitrogens is 2. The lowest BCUT2D eigenvalue weighted by atomic mass is 10.2. The Labute approximate surface area is 157 Å². The van der Waals surface area contributed by atoms with Crippen LogP contribution in [0.15, 0.2) is 39.9 Å². The summed E-state index contributed by atoms with van der Waals surface area (Å²) in [5, 5.41) is 11.7. The largest absolute Gasteiger partial charge is 0.357 e. The van der Waals surface area contributed by atoms with E-state index < -0.39 is 21.9 Å². The van der Waals surface area contributed by atoms with Crippen molar-refractivity contribution in [2.24, 2.45) is 0 Å². The molecule has 0 saturated carbocycles. The maximum atomic E-state index is 11.7. The second-order valence-corrected chi connectivity index (χ2v) is 6.34. The molecule has 138 valence electrons. The smallest absolute Gasteiger partial charge is 0.318 e. The summed E-state index contributed by atoms with van der Waals surface area (Å²) in [6.45, 7) is 3.83. The summed E-state index contributed by atoms with van der Waals surface area (Å²) < 4.78 is 2.00. The van der Waals surface area contributed by atoms with Gasteiger partial charge in [0.2, 0.25) is 0 Å². The molecule has 27 heavy (non-hydrogen) atoms. The predicted molar refractivity (Wildman–Crippen MR) is 104 cm³/mol. The van der Waals surface area contributed by atoms with E-state index in [9.17, 15) is 19.7 Å². The van der Waals surface area contributed by atoms with Crippen LogP contribution < -0.4 is 11.2 Å². The molecule has 0 aliphatic carbocycles. The first kappa shape index (κ1) is 18.4. The fourth-order valence-electron chi connectivity index (χ4n) is 2.92. The summed E-state index contributed by atoms with van der Waals surface area (Å²) >= 11 is 5.93. The third kappa shape index (κ3) is 3.61. The predicted octanol–water partition coefficient (Wildman–Crippen LogP) is 3.20. The first-order valence-electron chi connectivity index (χ1n) is 7.92. The number of hydrogen-bond acceptors (Lipinski definition) is 4. The molecule has 0 saturated heterocycles. The minimum Gasteiger partial charge on any atom is -0.318 e. The second-order valence-electron chi connectivity index (χ2n) is 5.90. The molecule has 9 heteroatoms. The van der Waals surface area contributed by atoms with Gasteiger partial charge in [-0.05, 0) is 55.8 Å². The van der Waals surface area contributed by atoms with Crippen molar-refractivity contribution >= 4 is 29.4 Å². The Hall–Kier alpha value is -3.39. The van der Waals surface area contributed by atoms with Crippen molar-refractivity contribution in [2.75, 3.05) is 0 Å². The van der Waals surface area contributed by atoms with Gasteiger partial charge < -0.3 is 9.55 Å². The maximum Gasteiger partial charge on any atom is 0.357 e. The van der Waals surface area contributed by atoms with E-state index in [1.165, 1.54) is 6.08 Å². The topological polar surface area (TPSA) is 114 Å². The van der Waals surface area contributed by atoms with E-state index in [2.05, 4.69) is 4.98 Å². The zero-order valence-electron chi connectivity index (χ0n) is 14.4. The molecule has 0 spiro atoms. The van der Waals surface area contributed by atoms with E-state index in [4.69, 9.17) is 11.6 Å². The van der Waals surface area contributed by atoms with Gasteiger partial charge in [0.15, 0.2) is 0 Å². The molecule has 0 bridgehead atoms. The van der Waals surface area contributed by atoms with Gasteiger partial charge >= 0.3 is 16.9 Å². The summed E-state index contributed by atoms with van der Waals surface area (Å²) in [5.74, 6) is 0. The molecule has 0 amide bonds. The molecule has 0 atom stereocenters. The van der Waals surface area contributed by atoms with Crippen molar-refractivity contribution in [3.05, 3.63) is 89.0 Å². The van der Waals surface area contributed by atoms with Crippen LogP contribution in [0.2, 0.25) is 5.02 Å². The third-order valence-electron chi connectivity index (χ3n) is 4.11. The first-order valence-corrected chi connectivity index (χ1v) is 8.29. The lowest BCUT2D eigenvalue weighted by molar-refractivity contribution is -0.386. The highest BCUT2D eigenvalue weighted by Crippen LogP contribution is 2.24. The Morgan fingerprint density at radius 2 is 1.78 bits per heavy atom. The minimum absolute atomic E-state index is 0.162. The van der Waals surface area contributed by atoms with E-state index in [-0.39, 0.29) is 5.69 Å². The second kappa shape index (κ2) is 7.08. The van der Waals surface area contributed by atoms with Crippen LogP contribution in [0.4, 0.5) is 5.69 Å². The van der Waals surface area contributed by atoms with E-state index in [0.29, 0.717) is 5.02 Å². The number of nitro groups is 1. The Balaban J connectivity index is 2.07. The monoisotopic (exact) mass is 386 g/mol. The normalized spacial score (nSPS) is 11.2. The lowest BCUT2D eigenvalue weighted by Crippen LogP contribution is -2.25. The highest BCUT2D eigenvalue weighted by atomic mass is 35.5. The number of nitrogens with one attached hydrogen (secondary N) is 2. The van der Waals surface area contributed by atoms with Crippen LogP contribution in [-0.2, 0) is 0 Å². The van der Waals surface area contributed by atoms with E-state index in [0.717, 1.165) is 22.6 Å². The lowest BCUT2D eigenvalue weighted by Gasteiger charge is -2.09. The molecular weight excluding hydrogens is 372 g/mol. The van der Waals surface area contributed by atoms with Crippen LogP contribution in [0.1, 0.15) is 22.6 Å². The summed E-state index contributed by atoms with van der Waals surface area (Å²) in [6.07, 6.45) is 2.97. The molecular formula is C18H15ClN4O4. The van der Waals surface area contributed by atoms with Crippen LogP contribution >= 0.6 is 11.6 Å². The van der Waals surface area contributed by atoms with Crippen molar-refractivity contribution in [3.8, 4) is 5.69 Å². The fraction of sp³-hybridized carbons (Fsp3) is 0.111. The Bertz CT molecular complexity index is 1170. The molecule has 2 aromatic heterocycles. The number of aryl methyl sites for hydroxylation is 1. The molecule has 3 aromatic rings. The van der Waals surface area contributed by atoms with Crippen molar-refractivity contribution in [3.63, 3.8) is 0 Å². The van der Waals surface area contributed by atoms with Gasteiger partial charge in [0.1, 0.15) is 5.69 Å². The van der Waals surface area contributed by atoms with Gasteiger partial charge in [0.25, 0.3) is 0 Å². The number of benzene rings is 1. The summed E-state index contributed by atoms with van der Waals surface area (Å²) in [6, 6.07) is 9.24. The molecule has 1 aromatic carbocycles. The summed E-state index contributed by atoms with van der Waals surface area (Å²) in [4.78, 5) is 37.6. The maximum absolute atomic E-state index is 11.7. The van der Waals surface area contributed by atoms with Gasteiger partial charge in [-0.15, -0.1) is 0 Å². The molecule has 0 aliphatic heterocycles. The number of aromatic amines is 2. The van der Waals surface area contributed by atoms with Gasteiger partial charge in [-0.3, -0.25) is 19.9 Å². The Kier molecular flexibility index (Phi) is 4.83. The van der Waals surface area contributed by atoms with E-state index in [1.807, 2.05) is 41.6 Å². The minimum atomic E-state index is -1.05. The van der Waals surface area contributed by atoms with Crippen molar-refractivity contribution < 1.29 is 4.92 Å². The van der Waals surface area contributed by atoms with E-state index >= 15 is 0 Å². The number of aromatic nitrogens is 3. The average Bonchev–Trinajstić information content (AvgIpc) is 2.87. The Morgan fingerprint density at radius 3 is 2.41 bits per heavy atom.